The van der Waals surface area contributed by atoms with Crippen LogP contribution >= 0.6 is 11.6 Å². The second-order valence-electron chi connectivity index (χ2n) is 11.5. The maximum Gasteiger partial charge on any atom is 0.336 e. The molecule has 0 saturated heterocycles. The molecular formula is C30H45ClN2O11S. The highest BCUT2D eigenvalue weighted by molar-refractivity contribution is 7.85. The van der Waals surface area contributed by atoms with Crippen molar-refractivity contribution in [3.05, 3.63) is 57.4 Å². The van der Waals surface area contributed by atoms with Crippen molar-refractivity contribution < 1.29 is 52.5 Å². The van der Waals surface area contributed by atoms with Gasteiger partial charge in [0, 0.05) is 23.7 Å². The Bertz CT molecular complexity index is 1420. The SMILES string of the molecule is CC1(C)[C@@H]2CC[C@@]1(CS(=O)(=O)O)C(=O)C2.CCOC(=O)C1=C(COCCN)NC(C)=C(C(=O)OC)C1c1ccccc1Cl.O.O. The van der Waals surface area contributed by atoms with Gasteiger partial charge in [0.1, 0.15) is 5.78 Å². The van der Waals surface area contributed by atoms with Gasteiger partial charge in [-0.15, -0.1) is 0 Å². The van der Waals surface area contributed by atoms with Crippen molar-refractivity contribution in [2.24, 2.45) is 22.5 Å². The highest BCUT2D eigenvalue weighted by Crippen LogP contribution is 2.64. The van der Waals surface area contributed by atoms with E-state index in [0.29, 0.717) is 53.5 Å². The minimum Gasteiger partial charge on any atom is -0.466 e. The number of Topliss-reactive ketones (excluding diaryl/α,β-unsaturated/α-hetero) is 1. The third-order valence-corrected chi connectivity index (χ3v) is 10.0. The summed E-state index contributed by atoms with van der Waals surface area (Å²) in [6.07, 6.45) is 1.97. The van der Waals surface area contributed by atoms with Crippen molar-refractivity contribution in [1.29, 1.82) is 0 Å². The van der Waals surface area contributed by atoms with E-state index < -0.39 is 39.1 Å². The summed E-state index contributed by atoms with van der Waals surface area (Å²) in [5.74, 6) is -1.97. The maximum atomic E-state index is 12.9. The van der Waals surface area contributed by atoms with Gasteiger partial charge in [-0.05, 0) is 49.7 Å². The molecule has 0 amide bonds. The number of rotatable bonds is 10. The number of fused-ring (bicyclic) bond motifs is 2. The third kappa shape index (κ3) is 8.30. The van der Waals surface area contributed by atoms with Crippen LogP contribution < -0.4 is 11.1 Å². The number of allylic oxidation sites excluding steroid dienone is 1. The Kier molecular flexibility index (Phi) is 14.4. The molecule has 2 bridgehead atoms. The van der Waals surface area contributed by atoms with Crippen molar-refractivity contribution in [2.45, 2.75) is 52.9 Å². The summed E-state index contributed by atoms with van der Waals surface area (Å²) in [6, 6.07) is 7.05. The van der Waals surface area contributed by atoms with Gasteiger partial charge >= 0.3 is 11.9 Å². The zero-order valence-corrected chi connectivity index (χ0v) is 27.8. The number of ether oxygens (including phenoxy) is 3. The lowest BCUT2D eigenvalue weighted by Gasteiger charge is -2.35. The van der Waals surface area contributed by atoms with Crippen LogP contribution in [0.4, 0.5) is 0 Å². The molecule has 45 heavy (non-hydrogen) atoms. The monoisotopic (exact) mass is 676 g/mol. The van der Waals surface area contributed by atoms with Crippen molar-refractivity contribution in [2.75, 3.05) is 39.2 Å². The molecule has 1 aromatic carbocycles. The Hall–Kier alpha value is -2.85. The first-order valence-corrected chi connectivity index (χ1v) is 16.1. The molecule has 8 N–H and O–H groups in total. The molecule has 3 atom stereocenters. The highest BCUT2D eigenvalue weighted by atomic mass is 35.5. The second-order valence-corrected chi connectivity index (χ2v) is 13.3. The quantitative estimate of drug-likeness (QED) is 0.184. The standard InChI is InChI=1S/C20H25ClN2O5.C10H16O4S.2H2O/c1-4-28-20(25)18-15(11-27-10-9-22)23-12(2)16(19(24)26-3)17(18)13-7-5-6-8-14(13)21;1-9(2)7-3-4-10(9,8(11)5-7)6-15(12,13)14;;/h5-8,17,23H,4,9-11,22H2,1-3H3;7H,3-6H2,1-2H3,(H,12,13,14);2*1H2/t;7-,10-;;/m.1../s1. The Labute approximate surface area is 268 Å². The first-order valence-electron chi connectivity index (χ1n) is 14.1. The van der Waals surface area contributed by atoms with Crippen molar-refractivity contribution in [1.82, 2.24) is 5.32 Å². The van der Waals surface area contributed by atoms with E-state index in [-0.39, 0.29) is 46.9 Å². The van der Waals surface area contributed by atoms with Crippen LogP contribution in [-0.2, 0) is 38.7 Å². The molecule has 0 radical (unpaired) electrons. The first kappa shape index (κ1) is 40.2. The fourth-order valence-corrected chi connectivity index (χ4v) is 8.08. The van der Waals surface area contributed by atoms with Crippen molar-refractivity contribution in [3.63, 3.8) is 0 Å². The van der Waals surface area contributed by atoms with Gasteiger partial charge in [-0.3, -0.25) is 9.35 Å². The largest absolute Gasteiger partial charge is 0.466 e. The summed E-state index contributed by atoms with van der Waals surface area (Å²) in [6.45, 7) is 8.31. The lowest BCUT2D eigenvalue weighted by atomic mass is 9.70. The number of halogens is 1. The van der Waals surface area contributed by atoms with Crippen LogP contribution in [0.3, 0.4) is 0 Å². The van der Waals surface area contributed by atoms with Crippen molar-refractivity contribution >= 4 is 39.4 Å². The lowest BCUT2D eigenvalue weighted by molar-refractivity contribution is -0.139. The summed E-state index contributed by atoms with van der Waals surface area (Å²) in [5, 5.41) is 3.52. The molecular weight excluding hydrogens is 632 g/mol. The molecule has 4 rings (SSSR count). The maximum absolute atomic E-state index is 12.9. The van der Waals surface area contributed by atoms with E-state index in [2.05, 4.69) is 5.32 Å². The molecule has 1 unspecified atom stereocenters. The van der Waals surface area contributed by atoms with Crippen LogP contribution in [0.25, 0.3) is 0 Å². The van der Waals surface area contributed by atoms with E-state index in [1.807, 2.05) is 13.8 Å². The van der Waals surface area contributed by atoms with E-state index >= 15 is 0 Å². The minimum absolute atomic E-state index is 0. The van der Waals surface area contributed by atoms with Gasteiger partial charge in [0.05, 0.1) is 60.9 Å². The second kappa shape index (κ2) is 16.1. The van der Waals surface area contributed by atoms with Crippen LogP contribution in [0.5, 0.6) is 0 Å². The Morgan fingerprint density at radius 2 is 1.80 bits per heavy atom. The number of hydrogen-bond acceptors (Lipinski definition) is 10. The van der Waals surface area contributed by atoms with E-state index in [9.17, 15) is 22.8 Å². The number of methoxy groups -OCH3 is 1. The van der Waals surface area contributed by atoms with Gasteiger partial charge in [-0.1, -0.05) is 43.6 Å². The number of hydrogen-bond donors (Lipinski definition) is 3. The number of carbonyl (C=O) groups is 3. The number of nitrogens with two attached hydrogens (primary N) is 1. The first-order chi connectivity index (χ1) is 20.1. The van der Waals surface area contributed by atoms with Gasteiger partial charge in [0.15, 0.2) is 0 Å². The van der Waals surface area contributed by atoms with Crippen LogP contribution in [0, 0.1) is 16.7 Å². The molecule has 15 heteroatoms. The summed E-state index contributed by atoms with van der Waals surface area (Å²) in [5.41, 5.74) is 6.58. The molecule has 1 heterocycles. The molecule has 2 fully saturated rings. The van der Waals surface area contributed by atoms with Gasteiger partial charge < -0.3 is 36.2 Å². The third-order valence-electron chi connectivity index (χ3n) is 8.84. The summed E-state index contributed by atoms with van der Waals surface area (Å²) < 4.78 is 46.8. The lowest BCUT2D eigenvalue weighted by Crippen LogP contribution is -2.42. The summed E-state index contributed by atoms with van der Waals surface area (Å²) in [7, 11) is -2.78. The molecule has 254 valence electrons. The van der Waals surface area contributed by atoms with Gasteiger partial charge in [0.25, 0.3) is 10.1 Å². The Morgan fingerprint density at radius 3 is 2.29 bits per heavy atom. The molecule has 0 aromatic heterocycles. The van der Waals surface area contributed by atoms with Crippen LogP contribution in [-0.4, -0.2) is 80.9 Å². The molecule has 13 nitrogen and oxygen atoms in total. The zero-order valence-electron chi connectivity index (χ0n) is 26.2. The molecule has 3 aliphatic rings. The van der Waals surface area contributed by atoms with E-state index in [1.54, 1.807) is 38.1 Å². The normalized spacial score (nSPS) is 23.2. The summed E-state index contributed by atoms with van der Waals surface area (Å²) in [4.78, 5) is 37.3. The Balaban J connectivity index is 0.000000504. The van der Waals surface area contributed by atoms with Gasteiger partial charge in [-0.2, -0.15) is 8.42 Å². The molecule has 1 aliphatic heterocycles. The summed E-state index contributed by atoms with van der Waals surface area (Å²) >= 11 is 6.42. The zero-order chi connectivity index (χ0) is 32.2. The van der Waals surface area contributed by atoms with E-state index in [4.69, 9.17) is 36.1 Å². The Morgan fingerprint density at radius 1 is 1.16 bits per heavy atom. The number of benzene rings is 1. The number of esters is 2. The number of ketones is 1. The topological polar surface area (TPSA) is 234 Å². The fraction of sp³-hybridized carbons (Fsp3) is 0.567. The van der Waals surface area contributed by atoms with Crippen LogP contribution in [0.2, 0.25) is 5.02 Å². The molecule has 1 aromatic rings. The molecule has 2 saturated carbocycles. The number of carbonyl (C=O) groups excluding carboxylic acids is 3. The predicted molar refractivity (Wildman–Crippen MR) is 168 cm³/mol. The van der Waals surface area contributed by atoms with Gasteiger partial charge in [0.2, 0.25) is 0 Å². The van der Waals surface area contributed by atoms with Gasteiger partial charge in [-0.25, -0.2) is 9.59 Å². The minimum atomic E-state index is -4.08. The number of nitrogens with one attached hydrogen (secondary N) is 1. The van der Waals surface area contributed by atoms with Crippen molar-refractivity contribution in [3.8, 4) is 0 Å². The fourth-order valence-electron chi connectivity index (χ4n) is 6.54. The highest BCUT2D eigenvalue weighted by Gasteiger charge is 2.65. The van der Waals surface area contributed by atoms with Crippen LogP contribution in [0.1, 0.15) is 58.4 Å². The average Bonchev–Trinajstić information content (AvgIpc) is 3.26. The predicted octanol–water partition coefficient (Wildman–Crippen LogP) is 1.89. The van der Waals surface area contributed by atoms with E-state index in [0.717, 1.165) is 6.42 Å². The molecule has 0 spiro atoms. The molecule has 2 aliphatic carbocycles. The number of dihydropyridines is 1. The van der Waals surface area contributed by atoms with E-state index in [1.165, 1.54) is 7.11 Å². The smallest absolute Gasteiger partial charge is 0.336 e. The van der Waals surface area contributed by atoms with Crippen LogP contribution in [0.15, 0.2) is 46.8 Å². The average molecular weight is 677 g/mol.